The summed E-state index contributed by atoms with van der Waals surface area (Å²) in [6.07, 6.45) is 0.156. The molecule has 2 aromatic carbocycles. The fourth-order valence-corrected chi connectivity index (χ4v) is 4.25. The van der Waals surface area contributed by atoms with Gasteiger partial charge in [0.15, 0.2) is 11.5 Å². The topological polar surface area (TPSA) is 111 Å². The van der Waals surface area contributed by atoms with Crippen molar-refractivity contribution in [2.24, 2.45) is 0 Å². The van der Waals surface area contributed by atoms with Gasteiger partial charge in [-0.05, 0) is 30.3 Å². The summed E-state index contributed by atoms with van der Waals surface area (Å²) in [4.78, 5) is 25.0. The van der Waals surface area contributed by atoms with Crippen molar-refractivity contribution in [3.8, 4) is 17.2 Å². The van der Waals surface area contributed by atoms with Gasteiger partial charge in [0.1, 0.15) is 19.0 Å². The van der Waals surface area contributed by atoms with E-state index in [4.69, 9.17) is 14.2 Å². The Morgan fingerprint density at radius 3 is 2.34 bits per heavy atom. The normalized spacial score (nSPS) is 16.1. The number of carbonyl (C=O) groups is 2. The molecule has 0 aliphatic carbocycles. The van der Waals surface area contributed by atoms with E-state index in [0.717, 1.165) is 4.90 Å². The number of imide groups is 1. The average molecular weight is 418 g/mol. The van der Waals surface area contributed by atoms with Crippen LogP contribution in [0.15, 0.2) is 41.3 Å². The van der Waals surface area contributed by atoms with Crippen LogP contribution in [0.3, 0.4) is 0 Å². The first kappa shape index (κ1) is 19.1. The molecular formula is C19H18N2O7S. The number of amides is 2. The van der Waals surface area contributed by atoms with Gasteiger partial charge in [0, 0.05) is 18.9 Å². The van der Waals surface area contributed by atoms with Gasteiger partial charge in [-0.3, -0.25) is 14.3 Å². The molecule has 10 heteroatoms. The Balaban J connectivity index is 1.67. The van der Waals surface area contributed by atoms with Crippen LogP contribution < -0.4 is 23.8 Å². The predicted molar refractivity (Wildman–Crippen MR) is 103 cm³/mol. The van der Waals surface area contributed by atoms with Gasteiger partial charge in [0.2, 0.25) is 11.8 Å². The second-order valence-electron chi connectivity index (χ2n) is 6.42. The van der Waals surface area contributed by atoms with Gasteiger partial charge in [0.25, 0.3) is 10.0 Å². The number of anilines is 2. The molecule has 9 nitrogen and oxygen atoms in total. The van der Waals surface area contributed by atoms with Crippen LogP contribution in [0.25, 0.3) is 0 Å². The van der Waals surface area contributed by atoms with Crippen molar-refractivity contribution >= 4 is 33.2 Å². The predicted octanol–water partition coefficient (Wildman–Crippen LogP) is 1.92. The van der Waals surface area contributed by atoms with Crippen LogP contribution in [0.2, 0.25) is 0 Å². The van der Waals surface area contributed by atoms with Crippen molar-refractivity contribution in [2.75, 3.05) is 29.9 Å². The zero-order valence-electron chi connectivity index (χ0n) is 15.5. The van der Waals surface area contributed by atoms with E-state index in [9.17, 15) is 18.0 Å². The molecule has 0 saturated carbocycles. The summed E-state index contributed by atoms with van der Waals surface area (Å²) in [6.45, 7) is 0.809. The van der Waals surface area contributed by atoms with Crippen molar-refractivity contribution in [1.82, 2.24) is 0 Å². The molecule has 152 valence electrons. The summed E-state index contributed by atoms with van der Waals surface area (Å²) in [7, 11) is -2.62. The molecule has 4 rings (SSSR count). The fourth-order valence-electron chi connectivity index (χ4n) is 3.18. The van der Waals surface area contributed by atoms with E-state index in [2.05, 4.69) is 4.72 Å². The number of ether oxygens (including phenoxy) is 3. The van der Waals surface area contributed by atoms with Crippen molar-refractivity contribution in [2.45, 2.75) is 17.7 Å². The SMILES string of the molecule is COc1ccc(S(=O)(=O)Nc2ccc3c(c2)OCCO3)cc1N1C(=O)CCC1=O. The number of sulfonamides is 1. The number of fused-ring (bicyclic) bond motifs is 1. The molecular weight excluding hydrogens is 400 g/mol. The molecule has 0 unspecified atom stereocenters. The lowest BCUT2D eigenvalue weighted by molar-refractivity contribution is -0.121. The Labute approximate surface area is 167 Å². The molecule has 2 heterocycles. The van der Waals surface area contributed by atoms with E-state index >= 15 is 0 Å². The third-order valence-corrected chi connectivity index (χ3v) is 5.93. The van der Waals surface area contributed by atoms with Crippen LogP contribution in [0.4, 0.5) is 11.4 Å². The molecule has 2 aromatic rings. The molecule has 0 spiro atoms. The zero-order chi connectivity index (χ0) is 20.6. The number of nitrogens with zero attached hydrogens (tertiary/aromatic N) is 1. The van der Waals surface area contributed by atoms with Crippen molar-refractivity contribution in [1.29, 1.82) is 0 Å². The summed E-state index contributed by atoms with van der Waals surface area (Å²) in [5, 5.41) is 0. The van der Waals surface area contributed by atoms with Gasteiger partial charge < -0.3 is 14.2 Å². The number of rotatable bonds is 5. The molecule has 0 radical (unpaired) electrons. The minimum Gasteiger partial charge on any atom is -0.495 e. The number of hydrogen-bond donors (Lipinski definition) is 1. The molecule has 0 bridgehead atoms. The van der Waals surface area contributed by atoms with Crippen molar-refractivity contribution in [3.63, 3.8) is 0 Å². The zero-order valence-corrected chi connectivity index (χ0v) is 16.3. The number of carbonyl (C=O) groups excluding carboxylic acids is 2. The van der Waals surface area contributed by atoms with Gasteiger partial charge in [-0.2, -0.15) is 0 Å². The van der Waals surface area contributed by atoms with Crippen molar-refractivity contribution < 1.29 is 32.2 Å². The first-order valence-electron chi connectivity index (χ1n) is 8.85. The Morgan fingerprint density at radius 2 is 1.66 bits per heavy atom. The maximum atomic E-state index is 12.9. The van der Waals surface area contributed by atoms with Gasteiger partial charge in [-0.15, -0.1) is 0 Å². The van der Waals surface area contributed by atoms with Crippen LogP contribution in [-0.4, -0.2) is 40.6 Å². The number of hydrogen-bond acceptors (Lipinski definition) is 7. The highest BCUT2D eigenvalue weighted by Crippen LogP contribution is 2.36. The minimum absolute atomic E-state index is 0.0778. The highest BCUT2D eigenvalue weighted by molar-refractivity contribution is 7.92. The number of nitrogens with one attached hydrogen (secondary N) is 1. The number of methoxy groups -OCH3 is 1. The van der Waals surface area contributed by atoms with E-state index in [-0.39, 0.29) is 29.2 Å². The standard InChI is InChI=1S/C19H18N2O7S/c1-26-15-5-3-13(11-14(15)21-18(22)6-7-19(21)23)29(24,25)20-12-2-4-16-17(10-12)28-9-8-27-16/h2-5,10-11,20H,6-9H2,1H3. The first-order valence-corrected chi connectivity index (χ1v) is 10.3. The van der Waals surface area contributed by atoms with Gasteiger partial charge >= 0.3 is 0 Å². The summed E-state index contributed by atoms with van der Waals surface area (Å²) < 4.78 is 44.3. The molecule has 29 heavy (non-hydrogen) atoms. The second kappa shape index (κ2) is 7.28. The Bertz CT molecular complexity index is 1080. The highest BCUT2D eigenvalue weighted by atomic mass is 32.2. The maximum Gasteiger partial charge on any atom is 0.261 e. The average Bonchev–Trinajstić information content (AvgIpc) is 3.05. The van der Waals surface area contributed by atoms with E-state index in [1.807, 2.05) is 0 Å². The Kier molecular flexibility index (Phi) is 4.79. The molecule has 2 aliphatic rings. The maximum absolute atomic E-state index is 12.9. The summed E-state index contributed by atoms with van der Waals surface area (Å²) in [5.41, 5.74) is 0.394. The van der Waals surface area contributed by atoms with Crippen LogP contribution >= 0.6 is 0 Å². The van der Waals surface area contributed by atoms with Gasteiger partial charge in [-0.1, -0.05) is 0 Å². The summed E-state index contributed by atoms with van der Waals surface area (Å²) in [5.74, 6) is 0.411. The van der Waals surface area contributed by atoms with E-state index in [1.165, 1.54) is 31.4 Å². The lowest BCUT2D eigenvalue weighted by Crippen LogP contribution is -2.29. The molecule has 2 aliphatic heterocycles. The molecule has 2 amide bonds. The fraction of sp³-hybridized carbons (Fsp3) is 0.263. The molecule has 1 N–H and O–H groups in total. The second-order valence-corrected chi connectivity index (χ2v) is 8.10. The van der Waals surface area contributed by atoms with Crippen LogP contribution in [0.1, 0.15) is 12.8 Å². The lowest BCUT2D eigenvalue weighted by Gasteiger charge is -2.20. The Morgan fingerprint density at radius 1 is 0.966 bits per heavy atom. The summed E-state index contributed by atoms with van der Waals surface area (Å²) in [6, 6.07) is 8.71. The largest absolute Gasteiger partial charge is 0.495 e. The minimum atomic E-state index is -4.00. The molecule has 1 saturated heterocycles. The van der Waals surface area contributed by atoms with E-state index in [1.54, 1.807) is 12.1 Å². The molecule has 0 atom stereocenters. The third kappa shape index (κ3) is 3.58. The van der Waals surface area contributed by atoms with Crippen LogP contribution in [-0.2, 0) is 19.6 Å². The van der Waals surface area contributed by atoms with Crippen LogP contribution in [0, 0.1) is 0 Å². The third-order valence-electron chi connectivity index (χ3n) is 4.55. The van der Waals surface area contributed by atoms with E-state index < -0.39 is 21.8 Å². The lowest BCUT2D eigenvalue weighted by atomic mass is 10.2. The smallest absolute Gasteiger partial charge is 0.261 e. The van der Waals surface area contributed by atoms with Crippen LogP contribution in [0.5, 0.6) is 17.2 Å². The Hall–Kier alpha value is -3.27. The first-order chi connectivity index (χ1) is 13.9. The molecule has 0 aromatic heterocycles. The van der Waals surface area contributed by atoms with Gasteiger partial charge in [0.05, 0.1) is 23.4 Å². The van der Waals surface area contributed by atoms with Crippen molar-refractivity contribution in [3.05, 3.63) is 36.4 Å². The summed E-state index contributed by atoms with van der Waals surface area (Å²) >= 11 is 0. The monoisotopic (exact) mass is 418 g/mol. The van der Waals surface area contributed by atoms with Gasteiger partial charge in [-0.25, -0.2) is 13.3 Å². The molecule has 1 fully saturated rings. The van der Waals surface area contributed by atoms with E-state index in [0.29, 0.717) is 30.4 Å². The quantitative estimate of drug-likeness (QED) is 0.739. The highest BCUT2D eigenvalue weighted by Gasteiger charge is 2.33. The number of benzene rings is 2.